The molecule has 0 amide bonds. The maximum Gasteiger partial charge on any atom is 0.123 e. The first kappa shape index (κ1) is 21.9. The monoisotopic (exact) mass is 456 g/mol. The lowest BCUT2D eigenvalue weighted by Crippen LogP contribution is -2.46. The van der Waals surface area contributed by atoms with E-state index in [0.717, 1.165) is 74.0 Å². The zero-order chi connectivity index (χ0) is 22.0. The highest BCUT2D eigenvalue weighted by molar-refractivity contribution is 7.77. The molecule has 0 bridgehead atoms. The Morgan fingerprint density at radius 1 is 0.812 bits per heavy atom. The summed E-state index contributed by atoms with van der Waals surface area (Å²) in [6, 6.07) is 9.47. The molecule has 0 saturated carbocycles. The third-order valence-electron chi connectivity index (χ3n) is 6.78. The maximum atomic E-state index is 13.8. The second-order valence-corrected chi connectivity index (χ2v) is 11.8. The second kappa shape index (κ2) is 9.51. The van der Waals surface area contributed by atoms with Crippen molar-refractivity contribution in [1.82, 2.24) is 14.2 Å². The first-order valence-electron chi connectivity index (χ1n) is 11.5. The lowest BCUT2D eigenvalue weighted by molar-refractivity contribution is 0.0583. The predicted molar refractivity (Wildman–Crippen MR) is 125 cm³/mol. The summed E-state index contributed by atoms with van der Waals surface area (Å²) in [6.45, 7) is 7.73. The number of halogens is 1. The quantitative estimate of drug-likeness (QED) is 0.649. The lowest BCUT2D eigenvalue weighted by Gasteiger charge is -2.51. The van der Waals surface area contributed by atoms with Gasteiger partial charge in [-0.05, 0) is 42.7 Å². The van der Waals surface area contributed by atoms with Crippen LogP contribution in [0.4, 0.5) is 4.39 Å². The Bertz CT molecular complexity index is 974. The van der Waals surface area contributed by atoms with Crippen molar-refractivity contribution < 1.29 is 13.9 Å². The van der Waals surface area contributed by atoms with Crippen LogP contribution in [-0.2, 0) is 9.47 Å². The normalized spacial score (nSPS) is 24.8. The van der Waals surface area contributed by atoms with E-state index in [9.17, 15) is 9.65 Å². The molecule has 1 aromatic carbocycles. The van der Waals surface area contributed by atoms with E-state index in [2.05, 4.69) is 32.5 Å². The maximum absolute atomic E-state index is 13.8. The van der Waals surface area contributed by atoms with Gasteiger partial charge in [-0.25, -0.2) is 4.39 Å². The Morgan fingerprint density at radius 2 is 1.38 bits per heavy atom. The number of ether oxygens (including phenoxy) is 2. The standard InChI is InChI=1S/C24H30FN4O2P/c25-21-5-3-20(4-6-21)23-8-7-22(27-9-1-2-10-27)24(19-26)32(23,28-11-15-30-16-12-28)29-13-17-31-18-14-29/h3-8H,1-2,9-18H2. The fourth-order valence-electron chi connectivity index (χ4n) is 5.31. The number of rotatable bonds is 4. The van der Waals surface area contributed by atoms with Gasteiger partial charge in [0.1, 0.15) is 17.2 Å². The summed E-state index contributed by atoms with van der Waals surface area (Å²) >= 11 is 0. The summed E-state index contributed by atoms with van der Waals surface area (Å²) in [5, 5.41) is 12.7. The fourth-order valence-corrected chi connectivity index (χ4v) is 10.0. The average Bonchev–Trinajstić information content (AvgIpc) is 3.39. The molecule has 4 heterocycles. The van der Waals surface area contributed by atoms with Crippen molar-refractivity contribution in [3.63, 3.8) is 0 Å². The largest absolute Gasteiger partial charge is 0.379 e. The van der Waals surface area contributed by atoms with Crippen LogP contribution in [-0.4, -0.2) is 85.2 Å². The summed E-state index contributed by atoms with van der Waals surface area (Å²) < 4.78 is 30.3. The number of hydrogen-bond acceptors (Lipinski definition) is 6. The number of likely N-dealkylation sites (tertiary alicyclic amines) is 1. The Balaban J connectivity index is 1.81. The van der Waals surface area contributed by atoms with Crippen LogP contribution >= 0.6 is 7.19 Å². The molecule has 0 spiro atoms. The van der Waals surface area contributed by atoms with Crippen LogP contribution in [0.25, 0.3) is 0 Å². The van der Waals surface area contributed by atoms with Crippen molar-refractivity contribution >= 4 is 12.5 Å². The van der Waals surface area contributed by atoms with Gasteiger partial charge in [-0.2, -0.15) is 5.26 Å². The summed E-state index contributed by atoms with van der Waals surface area (Å²) in [5.74, 6) is -0.246. The molecule has 0 atom stereocenters. The van der Waals surface area contributed by atoms with Crippen molar-refractivity contribution in [2.45, 2.75) is 12.8 Å². The smallest absolute Gasteiger partial charge is 0.123 e. The summed E-state index contributed by atoms with van der Waals surface area (Å²) in [4.78, 5) is 2.38. The van der Waals surface area contributed by atoms with Gasteiger partial charge in [0.2, 0.25) is 0 Å². The lowest BCUT2D eigenvalue weighted by atomic mass is 10.1. The Morgan fingerprint density at radius 3 is 1.91 bits per heavy atom. The van der Waals surface area contributed by atoms with E-state index >= 15 is 0 Å². The van der Waals surface area contributed by atoms with Crippen molar-refractivity contribution in [1.29, 1.82) is 5.26 Å². The zero-order valence-electron chi connectivity index (χ0n) is 18.4. The van der Waals surface area contributed by atoms with E-state index in [1.807, 2.05) is 12.1 Å². The van der Waals surface area contributed by atoms with Crippen molar-refractivity contribution in [3.8, 4) is 6.07 Å². The second-order valence-electron chi connectivity index (χ2n) is 8.50. The Labute approximate surface area is 189 Å². The van der Waals surface area contributed by atoms with Gasteiger partial charge in [0.05, 0.1) is 39.3 Å². The molecule has 170 valence electrons. The zero-order valence-corrected chi connectivity index (χ0v) is 19.3. The first-order valence-corrected chi connectivity index (χ1v) is 13.2. The highest BCUT2D eigenvalue weighted by atomic mass is 31.2. The molecule has 5 rings (SSSR count). The van der Waals surface area contributed by atoms with Crippen molar-refractivity contribution in [2.24, 2.45) is 0 Å². The number of morpholine rings is 2. The average molecular weight is 457 g/mol. The van der Waals surface area contributed by atoms with E-state index in [-0.39, 0.29) is 5.82 Å². The van der Waals surface area contributed by atoms with Gasteiger partial charge in [-0.3, -0.25) is 9.34 Å². The van der Waals surface area contributed by atoms with E-state index in [0.29, 0.717) is 26.4 Å². The van der Waals surface area contributed by atoms with Crippen LogP contribution < -0.4 is 0 Å². The van der Waals surface area contributed by atoms with Gasteiger partial charge >= 0.3 is 0 Å². The molecular formula is C24H30FN4O2P. The van der Waals surface area contributed by atoms with Gasteiger partial charge < -0.3 is 14.4 Å². The molecule has 3 fully saturated rings. The Kier molecular flexibility index (Phi) is 6.50. The molecule has 4 aliphatic heterocycles. The van der Waals surface area contributed by atoms with Gasteiger partial charge in [0.15, 0.2) is 0 Å². The predicted octanol–water partition coefficient (Wildman–Crippen LogP) is 3.26. The van der Waals surface area contributed by atoms with E-state index in [1.165, 1.54) is 12.1 Å². The number of allylic oxidation sites excluding steroid dienone is 3. The molecule has 3 saturated heterocycles. The minimum atomic E-state index is -2.42. The van der Waals surface area contributed by atoms with Crippen molar-refractivity contribution in [3.05, 3.63) is 58.8 Å². The molecule has 4 aliphatic rings. The van der Waals surface area contributed by atoms with Crippen LogP contribution in [0.1, 0.15) is 18.4 Å². The van der Waals surface area contributed by atoms with Crippen LogP contribution in [0.15, 0.2) is 47.4 Å². The molecule has 6 nitrogen and oxygen atoms in total. The number of nitrogens with zero attached hydrogens (tertiary/aromatic N) is 4. The highest BCUT2D eigenvalue weighted by Crippen LogP contribution is 2.66. The molecule has 1 aromatic rings. The van der Waals surface area contributed by atoms with Crippen molar-refractivity contribution in [2.75, 3.05) is 65.7 Å². The summed E-state index contributed by atoms with van der Waals surface area (Å²) in [5.41, 5.74) is 2.06. The van der Waals surface area contributed by atoms with E-state index in [4.69, 9.17) is 9.47 Å². The van der Waals surface area contributed by atoms with Crippen LogP contribution in [0, 0.1) is 17.1 Å². The SMILES string of the molecule is N#CC1=C(N2CCCC2)C=CC(c2ccc(F)cc2)=P1(N1CCOCC1)N1CCOCC1. The minimum absolute atomic E-state index is 0.246. The first-order chi connectivity index (χ1) is 15.7. The topological polar surface area (TPSA) is 52.0 Å². The highest BCUT2D eigenvalue weighted by Gasteiger charge is 2.44. The van der Waals surface area contributed by atoms with Crippen LogP contribution in [0.2, 0.25) is 0 Å². The molecule has 8 heteroatoms. The molecular weight excluding hydrogens is 426 g/mol. The molecule has 0 aromatic heterocycles. The molecule has 0 N–H and O–H groups in total. The van der Waals surface area contributed by atoms with E-state index < -0.39 is 7.19 Å². The number of benzene rings is 1. The third kappa shape index (κ3) is 3.75. The van der Waals surface area contributed by atoms with E-state index in [1.54, 1.807) is 0 Å². The molecule has 0 radical (unpaired) electrons. The summed E-state index contributed by atoms with van der Waals surface area (Å²) in [7, 11) is -2.42. The fraction of sp³-hybridized carbons (Fsp3) is 0.500. The minimum Gasteiger partial charge on any atom is -0.379 e. The van der Waals surface area contributed by atoms with Gasteiger partial charge in [0.25, 0.3) is 0 Å². The summed E-state index contributed by atoms with van der Waals surface area (Å²) in [6.07, 6.45) is 6.65. The van der Waals surface area contributed by atoms with Gasteiger partial charge in [-0.15, -0.1) is 0 Å². The Hall–Kier alpha value is -1.94. The third-order valence-corrected chi connectivity index (χ3v) is 11.2. The molecule has 0 unspecified atom stereocenters. The number of hydrogen-bond donors (Lipinski definition) is 0. The van der Waals surface area contributed by atoms with Crippen LogP contribution in [0.3, 0.4) is 0 Å². The number of nitriles is 1. The van der Waals surface area contributed by atoms with Crippen LogP contribution in [0.5, 0.6) is 0 Å². The van der Waals surface area contributed by atoms with Gasteiger partial charge in [0, 0.05) is 44.6 Å². The van der Waals surface area contributed by atoms with Gasteiger partial charge in [-0.1, -0.05) is 12.1 Å². The molecule has 32 heavy (non-hydrogen) atoms. The molecule has 0 aliphatic carbocycles.